The SMILES string of the molecule is COc1ccc(C=Nc2c(-c3ccc(OC)cc3)nc3ccccn23)cc1. The molecule has 4 rings (SSSR count). The number of hydrogen-bond donors (Lipinski definition) is 0. The second kappa shape index (κ2) is 7.33. The van der Waals surface area contributed by atoms with Crippen LogP contribution in [0.15, 0.2) is 77.9 Å². The number of nitrogens with zero attached hydrogens (tertiary/aromatic N) is 3. The van der Waals surface area contributed by atoms with Crippen LogP contribution in [0.1, 0.15) is 5.56 Å². The van der Waals surface area contributed by atoms with E-state index in [2.05, 4.69) is 0 Å². The number of aromatic nitrogens is 2. The number of ether oxygens (including phenoxy) is 2. The van der Waals surface area contributed by atoms with Crippen LogP contribution in [0.25, 0.3) is 16.9 Å². The quantitative estimate of drug-likeness (QED) is 0.484. The molecule has 4 aromatic rings. The van der Waals surface area contributed by atoms with Crippen molar-refractivity contribution in [2.45, 2.75) is 0 Å². The molecule has 0 spiro atoms. The van der Waals surface area contributed by atoms with E-state index in [-0.39, 0.29) is 0 Å². The third-order valence-electron chi connectivity index (χ3n) is 4.32. The number of hydrogen-bond acceptors (Lipinski definition) is 4. The van der Waals surface area contributed by atoms with Crippen molar-refractivity contribution < 1.29 is 9.47 Å². The fourth-order valence-electron chi connectivity index (χ4n) is 2.87. The largest absolute Gasteiger partial charge is 0.497 e. The first-order chi connectivity index (χ1) is 13.3. The van der Waals surface area contributed by atoms with Crippen molar-refractivity contribution in [3.8, 4) is 22.8 Å². The highest BCUT2D eigenvalue weighted by Crippen LogP contribution is 2.32. The second-order valence-electron chi connectivity index (χ2n) is 5.97. The average molecular weight is 357 g/mol. The van der Waals surface area contributed by atoms with Crippen molar-refractivity contribution in [1.82, 2.24) is 9.38 Å². The standard InChI is InChI=1S/C22H19N3O2/c1-26-18-10-6-16(7-11-18)15-23-22-21(17-8-12-19(27-2)13-9-17)24-20-5-3-4-14-25(20)22/h3-15H,1-2H3. The molecule has 2 aromatic heterocycles. The molecule has 0 amide bonds. The lowest BCUT2D eigenvalue weighted by Crippen LogP contribution is -1.87. The van der Waals surface area contributed by atoms with Gasteiger partial charge in [-0.15, -0.1) is 0 Å². The van der Waals surface area contributed by atoms with E-state index >= 15 is 0 Å². The van der Waals surface area contributed by atoms with Crippen molar-refractivity contribution in [1.29, 1.82) is 0 Å². The van der Waals surface area contributed by atoms with Crippen LogP contribution < -0.4 is 9.47 Å². The Morgan fingerprint density at radius 2 is 1.52 bits per heavy atom. The Bertz CT molecular complexity index is 1080. The molecule has 0 saturated heterocycles. The zero-order chi connectivity index (χ0) is 18.6. The van der Waals surface area contributed by atoms with Gasteiger partial charge in [-0.25, -0.2) is 9.98 Å². The Balaban J connectivity index is 1.78. The van der Waals surface area contributed by atoms with Gasteiger partial charge in [-0.3, -0.25) is 4.40 Å². The summed E-state index contributed by atoms with van der Waals surface area (Å²) in [6.07, 6.45) is 3.80. The molecule has 0 saturated carbocycles. The summed E-state index contributed by atoms with van der Waals surface area (Å²) in [5.74, 6) is 2.42. The molecule has 0 aliphatic heterocycles. The number of rotatable bonds is 5. The average Bonchev–Trinajstić information content (AvgIpc) is 3.11. The second-order valence-corrected chi connectivity index (χ2v) is 5.97. The molecule has 0 aliphatic rings. The molecule has 0 aliphatic carbocycles. The van der Waals surface area contributed by atoms with Gasteiger partial charge in [0.05, 0.1) is 14.2 Å². The minimum Gasteiger partial charge on any atom is -0.497 e. The Morgan fingerprint density at radius 1 is 0.852 bits per heavy atom. The fraction of sp³-hybridized carbons (Fsp3) is 0.0909. The van der Waals surface area contributed by atoms with Crippen LogP contribution in [0.3, 0.4) is 0 Å². The van der Waals surface area contributed by atoms with E-state index in [1.165, 1.54) is 0 Å². The van der Waals surface area contributed by atoms with Crippen molar-refractivity contribution >= 4 is 17.7 Å². The number of fused-ring (bicyclic) bond motifs is 1. The zero-order valence-electron chi connectivity index (χ0n) is 15.2. The molecule has 27 heavy (non-hydrogen) atoms. The molecular formula is C22H19N3O2. The molecule has 5 heteroatoms. The highest BCUT2D eigenvalue weighted by molar-refractivity contribution is 5.85. The predicted molar refractivity (Wildman–Crippen MR) is 107 cm³/mol. The van der Waals surface area contributed by atoms with Crippen LogP contribution in [0.5, 0.6) is 11.5 Å². The molecule has 2 heterocycles. The number of pyridine rings is 1. The van der Waals surface area contributed by atoms with E-state index in [0.717, 1.165) is 39.8 Å². The van der Waals surface area contributed by atoms with Crippen LogP contribution in [-0.4, -0.2) is 29.8 Å². The minimum atomic E-state index is 0.784. The Labute approximate surface area is 157 Å². The number of imidazole rings is 1. The van der Waals surface area contributed by atoms with Crippen molar-refractivity contribution in [3.63, 3.8) is 0 Å². The smallest absolute Gasteiger partial charge is 0.165 e. The number of benzene rings is 2. The first-order valence-corrected chi connectivity index (χ1v) is 8.58. The van der Waals surface area contributed by atoms with Gasteiger partial charge in [0, 0.05) is 18.0 Å². The molecular weight excluding hydrogens is 338 g/mol. The molecule has 0 bridgehead atoms. The highest BCUT2D eigenvalue weighted by atomic mass is 16.5. The summed E-state index contributed by atoms with van der Waals surface area (Å²) >= 11 is 0. The lowest BCUT2D eigenvalue weighted by atomic mass is 10.1. The molecule has 134 valence electrons. The number of aliphatic imine (C=N–C) groups is 1. The van der Waals surface area contributed by atoms with Gasteiger partial charge in [0.15, 0.2) is 5.82 Å². The molecule has 0 N–H and O–H groups in total. The summed E-state index contributed by atoms with van der Waals surface area (Å²) in [4.78, 5) is 9.51. The number of methoxy groups -OCH3 is 2. The summed E-state index contributed by atoms with van der Waals surface area (Å²) in [6, 6.07) is 21.5. The highest BCUT2D eigenvalue weighted by Gasteiger charge is 2.13. The van der Waals surface area contributed by atoms with Crippen molar-refractivity contribution in [2.75, 3.05) is 14.2 Å². The summed E-state index contributed by atoms with van der Waals surface area (Å²) < 4.78 is 12.4. The predicted octanol–water partition coefficient (Wildman–Crippen LogP) is 4.77. The van der Waals surface area contributed by atoms with Gasteiger partial charge in [0.1, 0.15) is 22.8 Å². The van der Waals surface area contributed by atoms with E-state index in [0.29, 0.717) is 0 Å². The normalized spacial score (nSPS) is 11.2. The maximum atomic E-state index is 5.25. The molecule has 0 atom stereocenters. The first kappa shape index (κ1) is 16.8. The molecule has 0 fully saturated rings. The van der Waals surface area contributed by atoms with E-state index in [1.807, 2.05) is 83.5 Å². The summed E-state index contributed by atoms with van der Waals surface area (Å²) in [5.41, 5.74) is 3.66. The third kappa shape index (κ3) is 3.40. The van der Waals surface area contributed by atoms with Gasteiger partial charge in [-0.2, -0.15) is 0 Å². The van der Waals surface area contributed by atoms with Crippen LogP contribution in [0, 0.1) is 0 Å². The zero-order valence-corrected chi connectivity index (χ0v) is 15.2. The van der Waals surface area contributed by atoms with E-state index in [1.54, 1.807) is 14.2 Å². The van der Waals surface area contributed by atoms with Crippen LogP contribution in [-0.2, 0) is 0 Å². The molecule has 0 radical (unpaired) electrons. The summed E-state index contributed by atoms with van der Waals surface area (Å²) in [5, 5.41) is 0. The van der Waals surface area contributed by atoms with Gasteiger partial charge in [0.25, 0.3) is 0 Å². The topological polar surface area (TPSA) is 48.1 Å². The lowest BCUT2D eigenvalue weighted by Gasteiger charge is -2.03. The third-order valence-corrected chi connectivity index (χ3v) is 4.32. The molecule has 2 aromatic carbocycles. The monoisotopic (exact) mass is 357 g/mol. The van der Waals surface area contributed by atoms with E-state index in [9.17, 15) is 0 Å². The van der Waals surface area contributed by atoms with Gasteiger partial charge in [-0.05, 0) is 66.2 Å². The summed E-state index contributed by atoms with van der Waals surface area (Å²) in [6.45, 7) is 0. The van der Waals surface area contributed by atoms with Crippen LogP contribution in [0.2, 0.25) is 0 Å². The maximum Gasteiger partial charge on any atom is 0.165 e. The van der Waals surface area contributed by atoms with Gasteiger partial charge in [0.2, 0.25) is 0 Å². The van der Waals surface area contributed by atoms with Gasteiger partial charge < -0.3 is 9.47 Å². The van der Waals surface area contributed by atoms with Crippen molar-refractivity contribution in [3.05, 3.63) is 78.5 Å². The van der Waals surface area contributed by atoms with Crippen LogP contribution >= 0.6 is 0 Å². The molecule has 5 nitrogen and oxygen atoms in total. The van der Waals surface area contributed by atoms with Gasteiger partial charge >= 0.3 is 0 Å². The Kier molecular flexibility index (Phi) is 4.58. The fourth-order valence-corrected chi connectivity index (χ4v) is 2.87. The van der Waals surface area contributed by atoms with Gasteiger partial charge in [-0.1, -0.05) is 6.07 Å². The summed E-state index contributed by atoms with van der Waals surface area (Å²) in [7, 11) is 3.31. The lowest BCUT2D eigenvalue weighted by molar-refractivity contribution is 0.414. The van der Waals surface area contributed by atoms with E-state index in [4.69, 9.17) is 19.5 Å². The maximum absolute atomic E-state index is 5.25. The van der Waals surface area contributed by atoms with E-state index < -0.39 is 0 Å². The first-order valence-electron chi connectivity index (χ1n) is 8.58. The Morgan fingerprint density at radius 3 is 2.19 bits per heavy atom. The molecule has 0 unspecified atom stereocenters. The minimum absolute atomic E-state index is 0.784. The van der Waals surface area contributed by atoms with Crippen molar-refractivity contribution in [2.24, 2.45) is 4.99 Å². The van der Waals surface area contributed by atoms with Crippen LogP contribution in [0.4, 0.5) is 5.82 Å². The Hall–Kier alpha value is -3.60.